The lowest BCUT2D eigenvalue weighted by molar-refractivity contribution is 0.642. The van der Waals surface area contributed by atoms with Gasteiger partial charge in [0.05, 0.1) is 6.04 Å². The molecule has 0 heterocycles. The lowest BCUT2D eigenvalue weighted by Crippen LogP contribution is -2.30. The van der Waals surface area contributed by atoms with E-state index in [9.17, 15) is 0 Å². The van der Waals surface area contributed by atoms with Gasteiger partial charge < -0.3 is 5.32 Å². The minimum Gasteiger partial charge on any atom is -0.303 e. The first-order valence-electron chi connectivity index (χ1n) is 5.34. The summed E-state index contributed by atoms with van der Waals surface area (Å²) in [6.45, 7) is 3.12. The average molecular weight is 298 g/mol. The monoisotopic (exact) mass is 297 g/mol. The molecule has 1 rings (SSSR count). The van der Waals surface area contributed by atoms with Crippen LogP contribution in [0.3, 0.4) is 0 Å². The van der Waals surface area contributed by atoms with Gasteiger partial charge in [-0.3, -0.25) is 0 Å². The fraction of sp³-hybridized carbons (Fsp3) is 0.385. The van der Waals surface area contributed by atoms with Crippen molar-refractivity contribution in [2.45, 2.75) is 24.3 Å². The molecule has 0 aromatic heterocycles. The van der Waals surface area contributed by atoms with Crippen LogP contribution in [0.5, 0.6) is 0 Å². The van der Waals surface area contributed by atoms with Crippen LogP contribution in [0, 0.1) is 12.3 Å². The molecule has 0 saturated heterocycles. The van der Waals surface area contributed by atoms with Crippen LogP contribution in [0.1, 0.15) is 13.3 Å². The molecule has 1 nitrogen and oxygen atoms in total. The molecule has 1 N–H and O–H groups in total. The summed E-state index contributed by atoms with van der Waals surface area (Å²) in [5.41, 5.74) is 0. The van der Waals surface area contributed by atoms with Crippen LogP contribution < -0.4 is 5.32 Å². The summed E-state index contributed by atoms with van der Waals surface area (Å²) >= 11 is 5.21. The van der Waals surface area contributed by atoms with Gasteiger partial charge in [0.2, 0.25) is 0 Å². The highest BCUT2D eigenvalue weighted by atomic mass is 79.9. The van der Waals surface area contributed by atoms with Gasteiger partial charge in [-0.15, -0.1) is 18.2 Å². The van der Waals surface area contributed by atoms with Crippen LogP contribution in [0.2, 0.25) is 0 Å². The van der Waals surface area contributed by atoms with Gasteiger partial charge >= 0.3 is 0 Å². The molecule has 1 unspecified atom stereocenters. The molecular weight excluding hydrogens is 282 g/mol. The van der Waals surface area contributed by atoms with Crippen molar-refractivity contribution in [1.29, 1.82) is 0 Å². The normalized spacial score (nSPS) is 12.1. The first kappa shape index (κ1) is 13.6. The average Bonchev–Trinajstić information content (AvgIpc) is 2.32. The van der Waals surface area contributed by atoms with E-state index in [1.54, 1.807) is 11.8 Å². The zero-order chi connectivity index (χ0) is 11.8. The summed E-state index contributed by atoms with van der Waals surface area (Å²) in [5.74, 6) is 3.69. The standard InChI is InChI=1S/C13H16BrNS/c1-3-9-15-12(4-2)10-16-13-7-5-11(14)6-8-13/h2,5-8,12,15H,3,9-10H2,1H3. The predicted octanol–water partition coefficient (Wildman–Crippen LogP) is 3.54. The third-order valence-electron chi connectivity index (χ3n) is 2.07. The van der Waals surface area contributed by atoms with Crippen molar-refractivity contribution in [1.82, 2.24) is 5.32 Å². The van der Waals surface area contributed by atoms with Gasteiger partial charge in [-0.2, -0.15) is 0 Å². The number of halogens is 1. The summed E-state index contributed by atoms with van der Waals surface area (Å²) < 4.78 is 1.11. The zero-order valence-corrected chi connectivity index (χ0v) is 11.8. The van der Waals surface area contributed by atoms with E-state index < -0.39 is 0 Å². The molecule has 1 atom stereocenters. The Kier molecular flexibility index (Phi) is 6.63. The molecule has 0 radical (unpaired) electrons. The van der Waals surface area contributed by atoms with Gasteiger partial charge in [-0.05, 0) is 37.2 Å². The Bertz CT molecular complexity index is 342. The Morgan fingerprint density at radius 2 is 2.12 bits per heavy atom. The SMILES string of the molecule is C#CC(CSc1ccc(Br)cc1)NCCC. The molecule has 0 bridgehead atoms. The summed E-state index contributed by atoms with van der Waals surface area (Å²) in [6, 6.07) is 8.46. The highest BCUT2D eigenvalue weighted by Gasteiger charge is 2.04. The Balaban J connectivity index is 2.38. The maximum Gasteiger partial charge on any atom is 0.0782 e. The van der Waals surface area contributed by atoms with Crippen molar-refractivity contribution in [3.8, 4) is 12.3 Å². The van der Waals surface area contributed by atoms with E-state index in [2.05, 4.69) is 46.2 Å². The van der Waals surface area contributed by atoms with Crippen molar-refractivity contribution < 1.29 is 0 Å². The lowest BCUT2D eigenvalue weighted by atomic mass is 10.3. The maximum atomic E-state index is 5.47. The topological polar surface area (TPSA) is 12.0 Å². The molecule has 0 aliphatic carbocycles. The number of thioether (sulfide) groups is 1. The van der Waals surface area contributed by atoms with Gasteiger partial charge in [0.25, 0.3) is 0 Å². The second kappa shape index (κ2) is 7.78. The molecule has 1 aromatic rings. The van der Waals surface area contributed by atoms with Crippen molar-refractivity contribution in [3.63, 3.8) is 0 Å². The van der Waals surface area contributed by atoms with Crippen LogP contribution in [-0.4, -0.2) is 18.3 Å². The van der Waals surface area contributed by atoms with E-state index in [-0.39, 0.29) is 6.04 Å². The smallest absolute Gasteiger partial charge is 0.0782 e. The molecule has 0 spiro atoms. The van der Waals surface area contributed by atoms with Gasteiger partial charge in [0.1, 0.15) is 0 Å². The molecule has 0 fully saturated rings. The maximum absolute atomic E-state index is 5.47. The third-order valence-corrected chi connectivity index (χ3v) is 3.71. The quantitative estimate of drug-likeness (QED) is 0.637. The second-order valence-corrected chi connectivity index (χ2v) is 5.45. The van der Waals surface area contributed by atoms with E-state index in [1.165, 1.54) is 4.90 Å². The summed E-state index contributed by atoms with van der Waals surface area (Å²) in [4.78, 5) is 1.25. The summed E-state index contributed by atoms with van der Waals surface area (Å²) in [5, 5.41) is 3.33. The first-order chi connectivity index (χ1) is 7.76. The third kappa shape index (κ3) is 5.07. The number of rotatable bonds is 6. The first-order valence-corrected chi connectivity index (χ1v) is 7.12. The molecule has 1 aromatic carbocycles. The minimum absolute atomic E-state index is 0.161. The Morgan fingerprint density at radius 1 is 1.44 bits per heavy atom. The molecular formula is C13H16BrNS. The van der Waals surface area contributed by atoms with Gasteiger partial charge in [-0.1, -0.05) is 28.8 Å². The fourth-order valence-electron chi connectivity index (χ4n) is 1.19. The summed E-state index contributed by atoms with van der Waals surface area (Å²) in [6.07, 6.45) is 6.58. The van der Waals surface area contributed by atoms with Crippen LogP contribution in [0.4, 0.5) is 0 Å². The number of nitrogens with one attached hydrogen (secondary N) is 1. The Morgan fingerprint density at radius 3 is 2.69 bits per heavy atom. The van der Waals surface area contributed by atoms with E-state index in [0.717, 1.165) is 23.2 Å². The van der Waals surface area contributed by atoms with Gasteiger partial charge in [0.15, 0.2) is 0 Å². The number of terminal acetylenes is 1. The van der Waals surface area contributed by atoms with Crippen molar-refractivity contribution in [2.75, 3.05) is 12.3 Å². The molecule has 3 heteroatoms. The van der Waals surface area contributed by atoms with E-state index in [4.69, 9.17) is 6.42 Å². The predicted molar refractivity (Wildman–Crippen MR) is 75.8 cm³/mol. The number of hydrogen-bond donors (Lipinski definition) is 1. The highest BCUT2D eigenvalue weighted by Crippen LogP contribution is 2.21. The Labute approximate surface area is 111 Å². The number of benzene rings is 1. The zero-order valence-electron chi connectivity index (χ0n) is 9.37. The van der Waals surface area contributed by atoms with E-state index in [1.807, 2.05) is 12.1 Å². The van der Waals surface area contributed by atoms with Crippen LogP contribution in [-0.2, 0) is 0 Å². The summed E-state index contributed by atoms with van der Waals surface area (Å²) in [7, 11) is 0. The molecule has 0 saturated carbocycles. The lowest BCUT2D eigenvalue weighted by Gasteiger charge is -2.11. The van der Waals surface area contributed by atoms with E-state index in [0.29, 0.717) is 0 Å². The van der Waals surface area contributed by atoms with Gasteiger partial charge in [-0.25, -0.2) is 0 Å². The minimum atomic E-state index is 0.161. The molecule has 0 aliphatic heterocycles. The number of hydrogen-bond acceptors (Lipinski definition) is 2. The Hall–Kier alpha value is -0.430. The van der Waals surface area contributed by atoms with Crippen molar-refractivity contribution >= 4 is 27.7 Å². The van der Waals surface area contributed by atoms with Crippen molar-refractivity contribution in [2.24, 2.45) is 0 Å². The molecule has 86 valence electrons. The van der Waals surface area contributed by atoms with Crippen LogP contribution >= 0.6 is 27.7 Å². The highest BCUT2D eigenvalue weighted by molar-refractivity contribution is 9.10. The van der Waals surface area contributed by atoms with Crippen LogP contribution in [0.25, 0.3) is 0 Å². The van der Waals surface area contributed by atoms with Gasteiger partial charge in [0, 0.05) is 15.1 Å². The molecule has 16 heavy (non-hydrogen) atoms. The largest absolute Gasteiger partial charge is 0.303 e. The van der Waals surface area contributed by atoms with Crippen LogP contribution in [0.15, 0.2) is 33.6 Å². The van der Waals surface area contributed by atoms with E-state index >= 15 is 0 Å². The van der Waals surface area contributed by atoms with Crippen molar-refractivity contribution in [3.05, 3.63) is 28.7 Å². The second-order valence-electron chi connectivity index (χ2n) is 3.44. The molecule has 0 aliphatic rings. The molecule has 0 amide bonds. The fourth-order valence-corrected chi connectivity index (χ4v) is 2.36.